The Labute approximate surface area is 191 Å². The third-order valence-corrected chi connectivity index (χ3v) is 7.75. The number of aromatic nitrogens is 2. The molecule has 0 unspecified atom stereocenters. The zero-order chi connectivity index (χ0) is 23.9. The molecule has 8 nitrogen and oxygen atoms in total. The van der Waals surface area contributed by atoms with Gasteiger partial charge in [0, 0.05) is 52.9 Å². The van der Waals surface area contributed by atoms with Crippen LogP contribution in [0.1, 0.15) is 16.2 Å². The first kappa shape index (κ1) is 23.3. The van der Waals surface area contributed by atoms with Crippen molar-refractivity contribution in [2.75, 3.05) is 40.3 Å². The average Bonchev–Trinajstić information content (AvgIpc) is 3.09. The molecule has 4 rings (SSSR count). The van der Waals surface area contributed by atoms with Gasteiger partial charge in [0.05, 0.1) is 22.5 Å². The minimum absolute atomic E-state index is 0.0949. The molecule has 0 radical (unpaired) electrons. The highest BCUT2D eigenvalue weighted by Crippen LogP contribution is 2.22. The van der Waals surface area contributed by atoms with Gasteiger partial charge in [-0.2, -0.15) is 4.31 Å². The highest BCUT2D eigenvalue weighted by molar-refractivity contribution is 7.89. The molecule has 2 heterocycles. The molecule has 0 bridgehead atoms. The fourth-order valence-corrected chi connectivity index (χ4v) is 5.33. The summed E-state index contributed by atoms with van der Waals surface area (Å²) in [6, 6.07) is 8.03. The van der Waals surface area contributed by atoms with Gasteiger partial charge in [-0.15, -0.1) is 0 Å². The number of amides is 1. The lowest BCUT2D eigenvalue weighted by atomic mass is 10.2. The van der Waals surface area contributed by atoms with Crippen LogP contribution in [0.15, 0.2) is 41.3 Å². The van der Waals surface area contributed by atoms with E-state index in [1.54, 1.807) is 26.2 Å². The number of piperazine rings is 1. The van der Waals surface area contributed by atoms with Gasteiger partial charge in [-0.3, -0.25) is 9.69 Å². The summed E-state index contributed by atoms with van der Waals surface area (Å²) in [6.45, 7) is 1.91. The molecule has 176 valence electrons. The SMILES string of the molecule is CN(C)C(=O)c1ccc2c(c1)nc(CN1CCN(S(=O)(=O)c3ccc(F)c(F)c3)CC1)n2C. The number of rotatable bonds is 5. The second kappa shape index (κ2) is 8.81. The van der Waals surface area contributed by atoms with Crippen LogP contribution in [0, 0.1) is 11.6 Å². The first-order valence-electron chi connectivity index (χ1n) is 10.4. The predicted molar refractivity (Wildman–Crippen MR) is 119 cm³/mol. The molecule has 33 heavy (non-hydrogen) atoms. The Hall–Kier alpha value is -2.89. The molecule has 1 fully saturated rings. The van der Waals surface area contributed by atoms with Crippen LogP contribution in [0.25, 0.3) is 11.0 Å². The van der Waals surface area contributed by atoms with E-state index in [2.05, 4.69) is 9.88 Å². The molecule has 0 saturated carbocycles. The van der Waals surface area contributed by atoms with E-state index in [1.807, 2.05) is 17.7 Å². The molecule has 2 aromatic carbocycles. The van der Waals surface area contributed by atoms with Gasteiger partial charge in [-0.05, 0) is 36.4 Å². The number of carbonyl (C=O) groups excluding carboxylic acids is 1. The summed E-state index contributed by atoms with van der Waals surface area (Å²) < 4.78 is 55.5. The molecule has 3 aromatic rings. The van der Waals surface area contributed by atoms with E-state index in [4.69, 9.17) is 0 Å². The third kappa shape index (κ3) is 4.48. The monoisotopic (exact) mass is 477 g/mol. The van der Waals surface area contributed by atoms with E-state index in [0.29, 0.717) is 31.3 Å². The van der Waals surface area contributed by atoms with Crippen molar-refractivity contribution in [2.45, 2.75) is 11.4 Å². The number of hydrogen-bond donors (Lipinski definition) is 0. The molecule has 0 spiro atoms. The Balaban J connectivity index is 1.46. The molecule has 0 atom stereocenters. The van der Waals surface area contributed by atoms with Crippen molar-refractivity contribution in [3.05, 3.63) is 59.4 Å². The summed E-state index contributed by atoms with van der Waals surface area (Å²) >= 11 is 0. The van der Waals surface area contributed by atoms with Gasteiger partial charge in [0.25, 0.3) is 5.91 Å². The largest absolute Gasteiger partial charge is 0.345 e. The smallest absolute Gasteiger partial charge is 0.253 e. The summed E-state index contributed by atoms with van der Waals surface area (Å²) in [5.74, 6) is -1.56. The van der Waals surface area contributed by atoms with Gasteiger partial charge in [0.1, 0.15) is 5.82 Å². The van der Waals surface area contributed by atoms with Crippen molar-refractivity contribution in [1.29, 1.82) is 0 Å². The number of imidazole rings is 1. The van der Waals surface area contributed by atoms with Crippen molar-refractivity contribution in [1.82, 2.24) is 23.7 Å². The molecular weight excluding hydrogens is 452 g/mol. The fraction of sp³-hybridized carbons (Fsp3) is 0.364. The number of halogens is 2. The summed E-state index contributed by atoms with van der Waals surface area (Å²) in [4.78, 5) is 20.3. The first-order valence-corrected chi connectivity index (χ1v) is 11.9. The molecule has 0 N–H and O–H groups in total. The second-order valence-corrected chi connectivity index (χ2v) is 10.2. The Kier molecular flexibility index (Phi) is 6.21. The maximum Gasteiger partial charge on any atom is 0.253 e. The normalized spacial score (nSPS) is 15.8. The highest BCUT2D eigenvalue weighted by Gasteiger charge is 2.29. The molecule has 1 aliphatic heterocycles. The number of fused-ring (bicyclic) bond motifs is 1. The molecule has 11 heteroatoms. The Bertz CT molecular complexity index is 1320. The van der Waals surface area contributed by atoms with Crippen LogP contribution >= 0.6 is 0 Å². The molecule has 1 aromatic heterocycles. The van der Waals surface area contributed by atoms with Gasteiger partial charge in [-0.1, -0.05) is 0 Å². The standard InChI is InChI=1S/C22H25F2N5O3S/c1-26(2)22(30)15-4-7-20-19(12-15)25-21(27(20)3)14-28-8-10-29(11-9-28)33(31,32)16-5-6-17(23)18(24)13-16/h4-7,12-13H,8-11,14H2,1-3H3. The van der Waals surface area contributed by atoms with E-state index in [9.17, 15) is 22.0 Å². The van der Waals surface area contributed by atoms with Gasteiger partial charge < -0.3 is 9.47 Å². The highest BCUT2D eigenvalue weighted by atomic mass is 32.2. The number of aryl methyl sites for hydroxylation is 1. The van der Waals surface area contributed by atoms with Crippen molar-refractivity contribution < 1.29 is 22.0 Å². The molecular formula is C22H25F2N5O3S. The molecule has 1 saturated heterocycles. The summed E-state index contributed by atoms with van der Waals surface area (Å²) in [6.07, 6.45) is 0. The van der Waals surface area contributed by atoms with Crippen LogP contribution in [0.3, 0.4) is 0 Å². The number of carbonyl (C=O) groups is 1. The van der Waals surface area contributed by atoms with Crippen LogP contribution < -0.4 is 0 Å². The van der Waals surface area contributed by atoms with Crippen molar-refractivity contribution >= 4 is 27.0 Å². The van der Waals surface area contributed by atoms with Crippen LogP contribution in [0.2, 0.25) is 0 Å². The van der Waals surface area contributed by atoms with Gasteiger partial charge in [-0.25, -0.2) is 22.2 Å². The van der Waals surface area contributed by atoms with Crippen LogP contribution in [-0.4, -0.2) is 78.3 Å². The van der Waals surface area contributed by atoms with E-state index < -0.39 is 21.7 Å². The second-order valence-electron chi connectivity index (χ2n) is 8.25. The van der Waals surface area contributed by atoms with Crippen LogP contribution in [0.4, 0.5) is 8.78 Å². The Morgan fingerprint density at radius 2 is 1.73 bits per heavy atom. The lowest BCUT2D eigenvalue weighted by molar-refractivity contribution is 0.0827. The van der Waals surface area contributed by atoms with Gasteiger partial charge in [0.2, 0.25) is 10.0 Å². The summed E-state index contributed by atoms with van der Waals surface area (Å²) in [5.41, 5.74) is 2.19. The Morgan fingerprint density at radius 3 is 2.36 bits per heavy atom. The topological polar surface area (TPSA) is 78.8 Å². The Morgan fingerprint density at radius 1 is 1.03 bits per heavy atom. The van der Waals surface area contributed by atoms with E-state index in [0.717, 1.165) is 29.0 Å². The number of nitrogens with zero attached hydrogens (tertiary/aromatic N) is 5. The summed E-state index contributed by atoms with van der Waals surface area (Å²) in [7, 11) is 1.40. The van der Waals surface area contributed by atoms with E-state index >= 15 is 0 Å². The van der Waals surface area contributed by atoms with E-state index in [-0.39, 0.29) is 23.9 Å². The maximum atomic E-state index is 13.5. The zero-order valence-corrected chi connectivity index (χ0v) is 19.4. The molecule has 1 aliphatic rings. The number of benzene rings is 2. The van der Waals surface area contributed by atoms with Gasteiger partial charge >= 0.3 is 0 Å². The lowest BCUT2D eigenvalue weighted by Gasteiger charge is -2.33. The van der Waals surface area contributed by atoms with Crippen molar-refractivity contribution in [3.8, 4) is 0 Å². The quantitative estimate of drug-likeness (QED) is 0.562. The van der Waals surface area contributed by atoms with Crippen molar-refractivity contribution in [2.24, 2.45) is 7.05 Å². The summed E-state index contributed by atoms with van der Waals surface area (Å²) in [5, 5.41) is 0. The van der Waals surface area contributed by atoms with Crippen LogP contribution in [0.5, 0.6) is 0 Å². The zero-order valence-electron chi connectivity index (χ0n) is 18.6. The van der Waals surface area contributed by atoms with Gasteiger partial charge in [0.15, 0.2) is 11.6 Å². The third-order valence-electron chi connectivity index (χ3n) is 5.85. The van der Waals surface area contributed by atoms with Crippen molar-refractivity contribution in [3.63, 3.8) is 0 Å². The van der Waals surface area contributed by atoms with E-state index in [1.165, 1.54) is 9.21 Å². The minimum atomic E-state index is -3.90. The molecule has 1 amide bonds. The minimum Gasteiger partial charge on any atom is -0.345 e. The molecule has 0 aliphatic carbocycles. The number of sulfonamides is 1. The van der Waals surface area contributed by atoms with Crippen LogP contribution in [-0.2, 0) is 23.6 Å². The average molecular weight is 478 g/mol. The lowest BCUT2D eigenvalue weighted by Crippen LogP contribution is -2.48. The maximum absolute atomic E-state index is 13.5. The predicted octanol–water partition coefficient (Wildman–Crippen LogP) is 2.06. The fourth-order valence-electron chi connectivity index (χ4n) is 3.90. The number of hydrogen-bond acceptors (Lipinski definition) is 5. The first-order chi connectivity index (χ1) is 15.6.